The van der Waals surface area contributed by atoms with E-state index in [-0.39, 0.29) is 10.5 Å². The summed E-state index contributed by atoms with van der Waals surface area (Å²) in [7, 11) is -3.37. The molecule has 0 N–H and O–H groups in total. The second kappa shape index (κ2) is 5.17. The molecule has 1 aliphatic heterocycles. The summed E-state index contributed by atoms with van der Waals surface area (Å²) in [5.74, 6) is 0.582. The zero-order chi connectivity index (χ0) is 16.9. The monoisotopic (exact) mass is 342 g/mol. The number of rotatable bonds is 2. The largest absolute Gasteiger partial charge is 0.492 e. The van der Waals surface area contributed by atoms with E-state index in [0.29, 0.717) is 35.7 Å². The van der Waals surface area contributed by atoms with Crippen molar-refractivity contribution < 1.29 is 13.2 Å². The molecule has 0 aliphatic carbocycles. The lowest BCUT2D eigenvalue weighted by Crippen LogP contribution is -2.22. The van der Waals surface area contributed by atoms with Gasteiger partial charge in [0, 0.05) is 18.9 Å². The molecular formula is C17H14N2O4S. The first-order chi connectivity index (χ1) is 11.5. The molecule has 24 heavy (non-hydrogen) atoms. The van der Waals surface area contributed by atoms with Crippen LogP contribution in [0.4, 0.5) is 0 Å². The van der Waals surface area contributed by atoms with E-state index in [9.17, 15) is 13.2 Å². The molecule has 0 saturated heterocycles. The summed E-state index contributed by atoms with van der Waals surface area (Å²) < 4.78 is 30.7. The Labute approximate surface area is 138 Å². The smallest absolute Gasteiger partial charge is 0.263 e. The zero-order valence-electron chi connectivity index (χ0n) is 12.9. The predicted molar refractivity (Wildman–Crippen MR) is 89.6 cm³/mol. The van der Waals surface area contributed by atoms with E-state index in [1.165, 1.54) is 16.7 Å². The molecule has 7 heteroatoms. The summed E-state index contributed by atoms with van der Waals surface area (Å²) in [6, 6.07) is 9.96. The van der Waals surface area contributed by atoms with Gasteiger partial charge in [-0.1, -0.05) is 6.07 Å². The van der Waals surface area contributed by atoms with Gasteiger partial charge in [0.1, 0.15) is 5.75 Å². The Morgan fingerprint density at radius 1 is 1.21 bits per heavy atom. The molecule has 4 rings (SSSR count). The van der Waals surface area contributed by atoms with Gasteiger partial charge in [-0.05, 0) is 30.3 Å². The molecule has 1 aromatic carbocycles. The number of aromatic nitrogens is 2. The molecule has 0 spiro atoms. The summed E-state index contributed by atoms with van der Waals surface area (Å²) >= 11 is 0. The molecule has 0 fully saturated rings. The lowest BCUT2D eigenvalue weighted by Gasteiger charge is -2.13. The second-order valence-corrected chi connectivity index (χ2v) is 7.71. The fourth-order valence-electron chi connectivity index (χ4n) is 2.98. The first kappa shape index (κ1) is 14.9. The molecule has 0 amide bonds. The van der Waals surface area contributed by atoms with Crippen LogP contribution in [-0.4, -0.2) is 30.8 Å². The van der Waals surface area contributed by atoms with Gasteiger partial charge in [-0.3, -0.25) is 9.36 Å². The molecule has 3 aromatic rings. The third-order valence-electron chi connectivity index (χ3n) is 4.08. The quantitative estimate of drug-likeness (QED) is 0.709. The topological polar surface area (TPSA) is 78.3 Å². The van der Waals surface area contributed by atoms with Gasteiger partial charge >= 0.3 is 0 Å². The van der Waals surface area contributed by atoms with Crippen LogP contribution in [0.5, 0.6) is 5.75 Å². The predicted octanol–water partition coefficient (Wildman–Crippen LogP) is 1.72. The van der Waals surface area contributed by atoms with Crippen LogP contribution in [0.15, 0.2) is 52.3 Å². The van der Waals surface area contributed by atoms with E-state index in [4.69, 9.17) is 4.74 Å². The number of ether oxygens (including phenoxy) is 1. The Morgan fingerprint density at radius 2 is 2.04 bits per heavy atom. The molecular weight excluding hydrogens is 328 g/mol. The zero-order valence-corrected chi connectivity index (χ0v) is 13.7. The molecule has 0 saturated carbocycles. The number of hydrogen-bond acceptors (Lipinski definition) is 5. The van der Waals surface area contributed by atoms with Gasteiger partial charge in [0.05, 0.1) is 28.1 Å². The van der Waals surface area contributed by atoms with Crippen molar-refractivity contribution in [2.45, 2.75) is 11.3 Å². The normalized spacial score (nSPS) is 13.7. The minimum absolute atomic E-state index is 0.160. The van der Waals surface area contributed by atoms with Crippen molar-refractivity contribution in [2.75, 3.05) is 12.9 Å². The van der Waals surface area contributed by atoms with Gasteiger partial charge in [-0.2, -0.15) is 0 Å². The van der Waals surface area contributed by atoms with Gasteiger partial charge in [-0.25, -0.2) is 13.4 Å². The maximum absolute atomic E-state index is 12.9. The summed E-state index contributed by atoms with van der Waals surface area (Å²) in [4.78, 5) is 17.4. The molecule has 1 aliphatic rings. The first-order valence-corrected chi connectivity index (χ1v) is 9.32. The van der Waals surface area contributed by atoms with Gasteiger partial charge < -0.3 is 4.74 Å². The molecule has 122 valence electrons. The van der Waals surface area contributed by atoms with Crippen molar-refractivity contribution in [1.29, 1.82) is 0 Å². The Balaban J connectivity index is 2.11. The highest BCUT2D eigenvalue weighted by Gasteiger charge is 2.24. The van der Waals surface area contributed by atoms with Crippen LogP contribution >= 0.6 is 0 Å². The molecule has 6 nitrogen and oxygen atoms in total. The number of sulfone groups is 1. The van der Waals surface area contributed by atoms with Crippen molar-refractivity contribution in [3.63, 3.8) is 0 Å². The van der Waals surface area contributed by atoms with E-state index < -0.39 is 9.84 Å². The van der Waals surface area contributed by atoms with Crippen LogP contribution in [0.25, 0.3) is 16.7 Å². The fraction of sp³-hybridized carbons (Fsp3) is 0.176. The summed E-state index contributed by atoms with van der Waals surface area (Å²) in [6.07, 6.45) is 3.27. The Kier molecular flexibility index (Phi) is 3.21. The third-order valence-corrected chi connectivity index (χ3v) is 5.19. The molecule has 3 heterocycles. The average Bonchev–Trinajstić information content (AvgIpc) is 3.05. The highest BCUT2D eigenvalue weighted by atomic mass is 32.2. The van der Waals surface area contributed by atoms with E-state index in [2.05, 4.69) is 4.98 Å². The van der Waals surface area contributed by atoms with Crippen molar-refractivity contribution >= 4 is 20.9 Å². The minimum atomic E-state index is -3.37. The molecule has 0 unspecified atom stereocenters. The Bertz CT molecular complexity index is 1130. The second-order valence-electron chi connectivity index (χ2n) is 5.69. The van der Waals surface area contributed by atoms with Gasteiger partial charge in [0.2, 0.25) is 0 Å². The van der Waals surface area contributed by atoms with Crippen LogP contribution in [0.1, 0.15) is 5.56 Å². The lowest BCUT2D eigenvalue weighted by atomic mass is 10.1. The van der Waals surface area contributed by atoms with Gasteiger partial charge in [0.25, 0.3) is 5.56 Å². The fourth-order valence-corrected chi connectivity index (χ4v) is 3.64. The maximum Gasteiger partial charge on any atom is 0.263 e. The van der Waals surface area contributed by atoms with Crippen molar-refractivity contribution in [1.82, 2.24) is 9.55 Å². The van der Waals surface area contributed by atoms with Crippen LogP contribution < -0.4 is 10.3 Å². The van der Waals surface area contributed by atoms with Crippen molar-refractivity contribution in [2.24, 2.45) is 0 Å². The first-order valence-electron chi connectivity index (χ1n) is 7.43. The standard InChI is InChI=1S/C17H14N2O4S/c1-24(21,22)12-5-2-4-11(10-12)19-16-13(6-3-8-18-16)15-14(17(19)20)7-9-23-15/h2-6,8,10H,7,9H2,1H3. The number of fused-ring (bicyclic) bond motifs is 3. The number of nitrogens with zero attached hydrogens (tertiary/aromatic N) is 2. The van der Waals surface area contributed by atoms with E-state index >= 15 is 0 Å². The number of benzene rings is 1. The highest BCUT2D eigenvalue weighted by molar-refractivity contribution is 7.90. The van der Waals surface area contributed by atoms with Crippen LogP contribution in [0, 0.1) is 0 Å². The molecule has 2 aromatic heterocycles. The SMILES string of the molecule is CS(=O)(=O)c1cccc(-n2c(=O)c3c(c4cccnc42)OCC3)c1. The summed E-state index contributed by atoms with van der Waals surface area (Å²) in [5, 5.41) is 0.745. The Hall–Kier alpha value is -2.67. The lowest BCUT2D eigenvalue weighted by molar-refractivity contribution is 0.360. The molecule has 0 atom stereocenters. The maximum atomic E-state index is 12.9. The third kappa shape index (κ3) is 2.20. The van der Waals surface area contributed by atoms with Crippen LogP contribution in [-0.2, 0) is 16.3 Å². The van der Waals surface area contributed by atoms with E-state index in [1.807, 2.05) is 6.07 Å². The number of pyridine rings is 2. The minimum Gasteiger partial charge on any atom is -0.492 e. The van der Waals surface area contributed by atoms with E-state index in [1.54, 1.807) is 24.4 Å². The van der Waals surface area contributed by atoms with Crippen LogP contribution in [0.3, 0.4) is 0 Å². The highest BCUT2D eigenvalue weighted by Crippen LogP contribution is 2.31. The molecule has 0 radical (unpaired) electrons. The van der Waals surface area contributed by atoms with Crippen molar-refractivity contribution in [3.05, 3.63) is 58.5 Å². The Morgan fingerprint density at radius 3 is 2.83 bits per heavy atom. The summed E-state index contributed by atoms with van der Waals surface area (Å²) in [5.41, 5.74) is 1.30. The van der Waals surface area contributed by atoms with Gasteiger partial charge in [-0.15, -0.1) is 0 Å². The van der Waals surface area contributed by atoms with Gasteiger partial charge in [0.15, 0.2) is 15.5 Å². The molecule has 0 bridgehead atoms. The average molecular weight is 342 g/mol. The van der Waals surface area contributed by atoms with E-state index in [0.717, 1.165) is 11.6 Å². The summed E-state index contributed by atoms with van der Waals surface area (Å²) in [6.45, 7) is 0.460. The van der Waals surface area contributed by atoms with Crippen molar-refractivity contribution in [3.8, 4) is 11.4 Å². The van der Waals surface area contributed by atoms with Crippen LogP contribution in [0.2, 0.25) is 0 Å². The number of hydrogen-bond donors (Lipinski definition) is 0.